The predicted molar refractivity (Wildman–Crippen MR) is 66.7 cm³/mol. The number of aldehydes is 1. The van der Waals surface area contributed by atoms with Crippen molar-refractivity contribution in [2.75, 3.05) is 0 Å². The fourth-order valence-corrected chi connectivity index (χ4v) is 1.94. The fraction of sp³-hybridized carbons (Fsp3) is 0.133. The summed E-state index contributed by atoms with van der Waals surface area (Å²) < 4.78 is 13.5. The molecule has 0 saturated carbocycles. The molecule has 0 atom stereocenters. The molecule has 2 aromatic rings. The van der Waals surface area contributed by atoms with E-state index < -0.39 is 5.82 Å². The molecule has 0 heterocycles. The van der Waals surface area contributed by atoms with Gasteiger partial charge in [0.2, 0.25) is 0 Å². The summed E-state index contributed by atoms with van der Waals surface area (Å²) in [6.45, 7) is 4.01. The van der Waals surface area contributed by atoms with Crippen LogP contribution in [0.15, 0.2) is 36.4 Å². The summed E-state index contributed by atoms with van der Waals surface area (Å²) in [6.07, 6.45) is 0.528. The van der Waals surface area contributed by atoms with E-state index in [1.807, 2.05) is 26.0 Å². The number of hydrogen-bond acceptors (Lipinski definition) is 1. The Morgan fingerprint density at radius 1 is 0.941 bits per heavy atom. The van der Waals surface area contributed by atoms with Crippen LogP contribution in [0, 0.1) is 19.7 Å². The number of halogens is 1. The van der Waals surface area contributed by atoms with Crippen LogP contribution < -0.4 is 0 Å². The van der Waals surface area contributed by atoms with Crippen molar-refractivity contribution in [3.63, 3.8) is 0 Å². The topological polar surface area (TPSA) is 17.1 Å². The highest BCUT2D eigenvalue weighted by Crippen LogP contribution is 2.23. The van der Waals surface area contributed by atoms with E-state index in [4.69, 9.17) is 0 Å². The van der Waals surface area contributed by atoms with Crippen molar-refractivity contribution in [3.05, 3.63) is 58.9 Å². The first-order valence-electron chi connectivity index (χ1n) is 5.43. The zero-order valence-electron chi connectivity index (χ0n) is 9.83. The Kier molecular flexibility index (Phi) is 3.05. The normalized spacial score (nSPS) is 10.3. The molecule has 17 heavy (non-hydrogen) atoms. The van der Waals surface area contributed by atoms with Gasteiger partial charge in [0, 0.05) is 0 Å². The van der Waals surface area contributed by atoms with Crippen molar-refractivity contribution in [1.82, 2.24) is 0 Å². The third kappa shape index (κ3) is 2.41. The van der Waals surface area contributed by atoms with Gasteiger partial charge in [0.25, 0.3) is 0 Å². The molecule has 0 aliphatic rings. The number of aryl methyl sites for hydroxylation is 2. The van der Waals surface area contributed by atoms with E-state index in [-0.39, 0.29) is 5.56 Å². The minimum Gasteiger partial charge on any atom is -0.298 e. The lowest BCUT2D eigenvalue weighted by Gasteiger charge is -2.06. The van der Waals surface area contributed by atoms with Gasteiger partial charge in [-0.2, -0.15) is 0 Å². The molecule has 0 aliphatic carbocycles. The molecule has 2 heteroatoms. The second-order valence-corrected chi connectivity index (χ2v) is 4.23. The largest absolute Gasteiger partial charge is 0.298 e. The Bertz CT molecular complexity index is 553. The Morgan fingerprint density at radius 2 is 1.59 bits per heavy atom. The molecule has 0 radical (unpaired) electrons. The summed E-state index contributed by atoms with van der Waals surface area (Å²) in [6, 6.07) is 10.7. The number of benzene rings is 2. The lowest BCUT2D eigenvalue weighted by atomic mass is 10.00. The first kappa shape index (κ1) is 11.5. The Labute approximate surface area is 99.9 Å². The van der Waals surface area contributed by atoms with Gasteiger partial charge in [-0.25, -0.2) is 4.39 Å². The summed E-state index contributed by atoms with van der Waals surface area (Å²) in [4.78, 5) is 10.5. The lowest BCUT2D eigenvalue weighted by molar-refractivity contribution is 0.112. The lowest BCUT2D eigenvalue weighted by Crippen LogP contribution is -1.89. The van der Waals surface area contributed by atoms with Gasteiger partial charge in [-0.05, 0) is 37.1 Å². The van der Waals surface area contributed by atoms with Crippen molar-refractivity contribution in [2.45, 2.75) is 13.8 Å². The first-order valence-corrected chi connectivity index (χ1v) is 5.43. The Morgan fingerprint density at radius 3 is 2.12 bits per heavy atom. The summed E-state index contributed by atoms with van der Waals surface area (Å²) in [5.41, 5.74) is 4.14. The fourth-order valence-electron chi connectivity index (χ4n) is 1.94. The van der Waals surface area contributed by atoms with Gasteiger partial charge in [0.05, 0.1) is 5.56 Å². The number of carbonyl (C=O) groups excluding carboxylic acids is 1. The molecule has 1 nitrogen and oxygen atoms in total. The van der Waals surface area contributed by atoms with Crippen LogP contribution in [0.4, 0.5) is 4.39 Å². The number of rotatable bonds is 2. The van der Waals surface area contributed by atoms with Gasteiger partial charge in [-0.3, -0.25) is 4.79 Å². The van der Waals surface area contributed by atoms with Crippen molar-refractivity contribution in [2.24, 2.45) is 0 Å². The van der Waals surface area contributed by atoms with Gasteiger partial charge >= 0.3 is 0 Å². The second kappa shape index (κ2) is 4.50. The van der Waals surface area contributed by atoms with Crippen LogP contribution in [0.25, 0.3) is 11.1 Å². The summed E-state index contributed by atoms with van der Waals surface area (Å²) in [5, 5.41) is 0. The highest BCUT2D eigenvalue weighted by Gasteiger charge is 2.05. The molecular formula is C15H13FO. The zero-order valence-corrected chi connectivity index (χ0v) is 9.83. The molecule has 0 fully saturated rings. The number of carbonyl (C=O) groups is 1. The van der Waals surface area contributed by atoms with Crippen LogP contribution in [0.1, 0.15) is 21.5 Å². The molecule has 0 aliphatic heterocycles. The standard InChI is InChI=1S/C15H13FO/c1-10-5-11(2)7-14(6-10)12-3-4-13(9-17)15(16)8-12/h3-9H,1-2H3. The van der Waals surface area contributed by atoms with Crippen LogP contribution in [-0.4, -0.2) is 6.29 Å². The molecule has 0 bridgehead atoms. The smallest absolute Gasteiger partial charge is 0.152 e. The molecule has 0 amide bonds. The quantitative estimate of drug-likeness (QED) is 0.712. The molecule has 0 N–H and O–H groups in total. The molecule has 2 aromatic carbocycles. The Balaban J connectivity index is 2.53. The SMILES string of the molecule is Cc1cc(C)cc(-c2ccc(C=O)c(F)c2)c1. The highest BCUT2D eigenvalue weighted by atomic mass is 19.1. The van der Waals surface area contributed by atoms with E-state index in [0.29, 0.717) is 6.29 Å². The van der Waals surface area contributed by atoms with E-state index in [9.17, 15) is 9.18 Å². The van der Waals surface area contributed by atoms with E-state index in [2.05, 4.69) is 6.07 Å². The highest BCUT2D eigenvalue weighted by molar-refractivity contribution is 5.77. The molecule has 0 spiro atoms. The van der Waals surface area contributed by atoms with Crippen LogP contribution >= 0.6 is 0 Å². The maximum absolute atomic E-state index is 13.5. The first-order chi connectivity index (χ1) is 8.10. The molecule has 0 saturated heterocycles. The molecule has 0 aromatic heterocycles. The molecular weight excluding hydrogens is 215 g/mol. The van der Waals surface area contributed by atoms with Gasteiger partial charge in [-0.15, -0.1) is 0 Å². The second-order valence-electron chi connectivity index (χ2n) is 4.23. The van der Waals surface area contributed by atoms with Crippen LogP contribution in [-0.2, 0) is 0 Å². The third-order valence-electron chi connectivity index (χ3n) is 2.68. The van der Waals surface area contributed by atoms with Gasteiger partial charge in [0.15, 0.2) is 6.29 Å². The zero-order chi connectivity index (χ0) is 12.4. The van der Waals surface area contributed by atoms with Gasteiger partial charge < -0.3 is 0 Å². The van der Waals surface area contributed by atoms with Crippen LogP contribution in [0.3, 0.4) is 0 Å². The van der Waals surface area contributed by atoms with E-state index >= 15 is 0 Å². The van der Waals surface area contributed by atoms with Crippen molar-refractivity contribution in [1.29, 1.82) is 0 Å². The third-order valence-corrected chi connectivity index (χ3v) is 2.68. The van der Waals surface area contributed by atoms with Crippen LogP contribution in [0.5, 0.6) is 0 Å². The van der Waals surface area contributed by atoms with Crippen LogP contribution in [0.2, 0.25) is 0 Å². The van der Waals surface area contributed by atoms with E-state index in [1.165, 1.54) is 12.1 Å². The van der Waals surface area contributed by atoms with E-state index in [1.54, 1.807) is 6.07 Å². The maximum atomic E-state index is 13.5. The van der Waals surface area contributed by atoms with Crippen molar-refractivity contribution < 1.29 is 9.18 Å². The maximum Gasteiger partial charge on any atom is 0.152 e. The van der Waals surface area contributed by atoms with E-state index in [0.717, 1.165) is 22.3 Å². The van der Waals surface area contributed by atoms with Gasteiger partial charge in [-0.1, -0.05) is 35.4 Å². The average molecular weight is 228 g/mol. The average Bonchev–Trinajstić information content (AvgIpc) is 2.27. The van der Waals surface area contributed by atoms with Crippen molar-refractivity contribution >= 4 is 6.29 Å². The Hall–Kier alpha value is -1.96. The molecule has 2 rings (SSSR count). The summed E-state index contributed by atoms with van der Waals surface area (Å²) >= 11 is 0. The molecule has 86 valence electrons. The summed E-state index contributed by atoms with van der Waals surface area (Å²) in [5.74, 6) is -0.475. The predicted octanol–water partition coefficient (Wildman–Crippen LogP) is 3.92. The van der Waals surface area contributed by atoms with Crippen molar-refractivity contribution in [3.8, 4) is 11.1 Å². The van der Waals surface area contributed by atoms with Gasteiger partial charge in [0.1, 0.15) is 5.82 Å². The monoisotopic (exact) mass is 228 g/mol. The minimum atomic E-state index is -0.475. The minimum absolute atomic E-state index is 0.0955. The summed E-state index contributed by atoms with van der Waals surface area (Å²) in [7, 11) is 0. The molecule has 0 unspecified atom stereocenters. The number of hydrogen-bond donors (Lipinski definition) is 0.